The maximum absolute atomic E-state index is 5.28. The summed E-state index contributed by atoms with van der Waals surface area (Å²) in [5.41, 5.74) is 1.26. The predicted octanol–water partition coefficient (Wildman–Crippen LogP) is 4.17. The van der Waals surface area contributed by atoms with Gasteiger partial charge < -0.3 is 10.6 Å². The Labute approximate surface area is 147 Å². The van der Waals surface area contributed by atoms with Gasteiger partial charge in [0.1, 0.15) is 0 Å². The Hall–Kier alpha value is -2.40. The fraction of sp³-hybridized carbons (Fsp3) is 0.263. The molecule has 5 heteroatoms. The van der Waals surface area contributed by atoms with Crippen molar-refractivity contribution in [2.24, 2.45) is 0 Å². The van der Waals surface area contributed by atoms with Crippen molar-refractivity contribution in [1.29, 1.82) is 0 Å². The van der Waals surface area contributed by atoms with Gasteiger partial charge >= 0.3 is 0 Å². The summed E-state index contributed by atoms with van der Waals surface area (Å²) in [4.78, 5) is 0. The molecule has 3 rings (SSSR count). The van der Waals surface area contributed by atoms with Crippen molar-refractivity contribution in [1.82, 2.24) is 15.1 Å². The molecule has 0 aliphatic heterocycles. The van der Waals surface area contributed by atoms with Gasteiger partial charge in [-0.3, -0.25) is 4.68 Å². The first kappa shape index (κ1) is 16.5. The second-order valence-electron chi connectivity index (χ2n) is 5.77. The van der Waals surface area contributed by atoms with Crippen LogP contribution in [0.1, 0.15) is 25.3 Å². The van der Waals surface area contributed by atoms with E-state index in [-0.39, 0.29) is 0 Å². The fourth-order valence-electron chi connectivity index (χ4n) is 2.66. The van der Waals surface area contributed by atoms with Crippen molar-refractivity contribution in [3.63, 3.8) is 0 Å². The van der Waals surface area contributed by atoms with Gasteiger partial charge in [0, 0.05) is 18.8 Å². The molecular formula is C19H22N4S. The molecule has 0 fully saturated rings. The zero-order chi connectivity index (χ0) is 16.8. The summed E-state index contributed by atoms with van der Waals surface area (Å²) in [7, 11) is 0. The van der Waals surface area contributed by atoms with Crippen LogP contribution in [0.3, 0.4) is 0 Å². The van der Waals surface area contributed by atoms with E-state index in [2.05, 4.69) is 65.1 Å². The topological polar surface area (TPSA) is 41.9 Å². The van der Waals surface area contributed by atoms with E-state index in [1.54, 1.807) is 0 Å². The standard InChI is InChI=1S/C19H22N4S/c1-2-3-12-20-19(24)21-18-11-13-23(22-18)14-16-9-6-8-15-7-4-5-10-17(15)16/h4-11,13H,2-3,12,14H2,1H3,(H2,20,21,22,24). The number of rotatable bonds is 6. The van der Waals surface area contributed by atoms with Gasteiger partial charge in [0.15, 0.2) is 10.9 Å². The number of nitrogens with one attached hydrogen (secondary N) is 2. The van der Waals surface area contributed by atoms with Crippen LogP contribution in [0.15, 0.2) is 54.7 Å². The number of benzene rings is 2. The second kappa shape index (κ2) is 7.93. The van der Waals surface area contributed by atoms with Crippen LogP contribution in [0.25, 0.3) is 10.8 Å². The number of aromatic nitrogens is 2. The minimum absolute atomic E-state index is 0.624. The molecule has 0 spiro atoms. The first-order chi connectivity index (χ1) is 11.8. The van der Waals surface area contributed by atoms with Crippen LogP contribution in [-0.2, 0) is 6.54 Å². The van der Waals surface area contributed by atoms with E-state index >= 15 is 0 Å². The number of anilines is 1. The highest BCUT2D eigenvalue weighted by atomic mass is 32.1. The van der Waals surface area contributed by atoms with Crippen molar-refractivity contribution < 1.29 is 0 Å². The molecule has 0 saturated heterocycles. The van der Waals surface area contributed by atoms with Gasteiger partial charge in [0.2, 0.25) is 0 Å². The van der Waals surface area contributed by atoms with Crippen LogP contribution < -0.4 is 10.6 Å². The van der Waals surface area contributed by atoms with Crippen molar-refractivity contribution in [3.05, 3.63) is 60.3 Å². The van der Waals surface area contributed by atoms with Crippen LogP contribution in [-0.4, -0.2) is 21.4 Å². The maximum atomic E-state index is 5.28. The molecule has 2 N–H and O–H groups in total. The van der Waals surface area contributed by atoms with Crippen LogP contribution in [0.5, 0.6) is 0 Å². The molecule has 1 heterocycles. The number of fused-ring (bicyclic) bond motifs is 1. The monoisotopic (exact) mass is 338 g/mol. The molecule has 0 amide bonds. The van der Waals surface area contributed by atoms with E-state index in [4.69, 9.17) is 12.2 Å². The molecular weight excluding hydrogens is 316 g/mol. The lowest BCUT2D eigenvalue weighted by Gasteiger charge is -2.08. The van der Waals surface area contributed by atoms with E-state index in [0.717, 1.165) is 31.7 Å². The van der Waals surface area contributed by atoms with Gasteiger partial charge in [-0.25, -0.2) is 0 Å². The molecule has 4 nitrogen and oxygen atoms in total. The third-order valence-electron chi connectivity index (χ3n) is 3.91. The Morgan fingerprint density at radius 2 is 1.96 bits per heavy atom. The smallest absolute Gasteiger partial charge is 0.171 e. The molecule has 24 heavy (non-hydrogen) atoms. The molecule has 3 aromatic rings. The lowest BCUT2D eigenvalue weighted by Crippen LogP contribution is -2.29. The third kappa shape index (κ3) is 4.11. The van der Waals surface area contributed by atoms with Gasteiger partial charge in [-0.15, -0.1) is 0 Å². The Bertz CT molecular complexity index is 820. The highest BCUT2D eigenvalue weighted by Gasteiger charge is 2.04. The molecule has 0 bridgehead atoms. The molecule has 0 aliphatic rings. The maximum Gasteiger partial charge on any atom is 0.171 e. The zero-order valence-corrected chi connectivity index (χ0v) is 14.6. The van der Waals surface area contributed by atoms with E-state index < -0.39 is 0 Å². The normalized spacial score (nSPS) is 10.7. The minimum Gasteiger partial charge on any atom is -0.362 e. The van der Waals surface area contributed by atoms with Crippen LogP contribution in [0.4, 0.5) is 5.82 Å². The van der Waals surface area contributed by atoms with Crippen molar-refractivity contribution in [2.75, 3.05) is 11.9 Å². The molecule has 2 aromatic carbocycles. The summed E-state index contributed by atoms with van der Waals surface area (Å²) in [5, 5.41) is 14.0. The average molecular weight is 338 g/mol. The molecule has 0 aliphatic carbocycles. The van der Waals surface area contributed by atoms with Gasteiger partial charge in [0.25, 0.3) is 0 Å². The molecule has 1 aromatic heterocycles. The summed E-state index contributed by atoms with van der Waals surface area (Å²) in [6.07, 6.45) is 4.23. The average Bonchev–Trinajstić information content (AvgIpc) is 3.02. The number of nitrogens with zero attached hydrogens (tertiary/aromatic N) is 2. The fourth-order valence-corrected chi connectivity index (χ4v) is 2.87. The lowest BCUT2D eigenvalue weighted by atomic mass is 10.0. The van der Waals surface area contributed by atoms with Crippen LogP contribution in [0.2, 0.25) is 0 Å². The number of thiocarbonyl (C=S) groups is 1. The lowest BCUT2D eigenvalue weighted by molar-refractivity contribution is 0.693. The predicted molar refractivity (Wildman–Crippen MR) is 104 cm³/mol. The van der Waals surface area contributed by atoms with Crippen molar-refractivity contribution in [2.45, 2.75) is 26.3 Å². The minimum atomic E-state index is 0.624. The number of hydrogen-bond acceptors (Lipinski definition) is 2. The highest BCUT2D eigenvalue weighted by Crippen LogP contribution is 2.19. The van der Waals surface area contributed by atoms with Crippen molar-refractivity contribution in [3.8, 4) is 0 Å². The third-order valence-corrected chi connectivity index (χ3v) is 4.16. The highest BCUT2D eigenvalue weighted by molar-refractivity contribution is 7.80. The first-order valence-electron chi connectivity index (χ1n) is 8.31. The van der Waals surface area contributed by atoms with Gasteiger partial charge in [-0.1, -0.05) is 55.8 Å². The van der Waals surface area contributed by atoms with Gasteiger partial charge in [0.05, 0.1) is 6.54 Å². The van der Waals surface area contributed by atoms with E-state index in [9.17, 15) is 0 Å². The number of hydrogen-bond donors (Lipinski definition) is 2. The second-order valence-corrected chi connectivity index (χ2v) is 6.18. The van der Waals surface area contributed by atoms with Crippen LogP contribution >= 0.6 is 12.2 Å². The van der Waals surface area contributed by atoms with Gasteiger partial charge in [-0.05, 0) is 35.0 Å². The molecule has 0 atom stereocenters. The summed E-state index contributed by atoms with van der Waals surface area (Å²) in [6, 6.07) is 16.7. The quantitative estimate of drug-likeness (QED) is 0.523. The van der Waals surface area contributed by atoms with Crippen molar-refractivity contribution >= 4 is 33.9 Å². The molecule has 0 saturated carbocycles. The largest absolute Gasteiger partial charge is 0.362 e. The van der Waals surface area contributed by atoms with E-state index in [1.807, 2.05) is 16.9 Å². The van der Waals surface area contributed by atoms with Crippen LogP contribution in [0, 0.1) is 0 Å². The Morgan fingerprint density at radius 1 is 1.12 bits per heavy atom. The summed E-state index contributed by atoms with van der Waals surface area (Å²) in [6.45, 7) is 3.78. The Balaban J connectivity index is 1.66. The summed E-state index contributed by atoms with van der Waals surface area (Å²) in [5.74, 6) is 0.768. The zero-order valence-electron chi connectivity index (χ0n) is 13.8. The Kier molecular flexibility index (Phi) is 5.43. The summed E-state index contributed by atoms with van der Waals surface area (Å²) < 4.78 is 1.93. The van der Waals surface area contributed by atoms with E-state index in [1.165, 1.54) is 16.3 Å². The molecule has 124 valence electrons. The first-order valence-corrected chi connectivity index (χ1v) is 8.72. The van der Waals surface area contributed by atoms with E-state index in [0.29, 0.717) is 5.11 Å². The molecule has 0 radical (unpaired) electrons. The van der Waals surface area contributed by atoms with Gasteiger partial charge in [-0.2, -0.15) is 5.10 Å². The molecule has 0 unspecified atom stereocenters. The Morgan fingerprint density at radius 3 is 2.83 bits per heavy atom. The SMILES string of the molecule is CCCCNC(=S)Nc1ccn(Cc2cccc3ccccc23)n1. The number of unbranched alkanes of at least 4 members (excludes halogenated alkanes) is 1. The summed E-state index contributed by atoms with van der Waals surface area (Å²) >= 11 is 5.28.